The first-order valence-corrected chi connectivity index (χ1v) is 10.3. The number of fused-ring (bicyclic) bond motifs is 2. The highest BCUT2D eigenvalue weighted by atomic mass is 16.5. The van der Waals surface area contributed by atoms with Gasteiger partial charge in [0.15, 0.2) is 0 Å². The van der Waals surface area contributed by atoms with Crippen molar-refractivity contribution in [2.75, 3.05) is 13.2 Å². The molecule has 2 N–H and O–H groups in total. The molecule has 0 fully saturated rings. The third kappa shape index (κ3) is 4.62. The number of carboxylic acid groups (broad SMARTS) is 1. The van der Waals surface area contributed by atoms with Crippen molar-refractivity contribution in [2.45, 2.75) is 25.2 Å². The number of carbonyl (C=O) groups excluding carboxylic acids is 1. The Morgan fingerprint density at radius 1 is 1.03 bits per heavy atom. The molecule has 3 aromatic carbocycles. The topological polar surface area (TPSA) is 75.6 Å². The fourth-order valence-corrected chi connectivity index (χ4v) is 4.06. The number of hydrogen-bond acceptors (Lipinski definition) is 3. The lowest BCUT2D eigenvalue weighted by Crippen LogP contribution is -2.35. The van der Waals surface area contributed by atoms with Crippen molar-refractivity contribution in [1.82, 2.24) is 5.32 Å². The van der Waals surface area contributed by atoms with Crippen LogP contribution in [0.1, 0.15) is 29.9 Å². The van der Waals surface area contributed by atoms with E-state index < -0.39 is 11.9 Å². The van der Waals surface area contributed by atoms with Gasteiger partial charge < -0.3 is 15.2 Å². The number of aliphatic carboxylic acids is 1. The number of nitrogens with one attached hydrogen (secondary N) is 1. The van der Waals surface area contributed by atoms with Crippen LogP contribution in [0.25, 0.3) is 10.8 Å². The maximum atomic E-state index is 12.5. The van der Waals surface area contributed by atoms with E-state index in [2.05, 4.69) is 5.32 Å². The van der Waals surface area contributed by atoms with Gasteiger partial charge >= 0.3 is 5.97 Å². The molecule has 0 radical (unpaired) electrons. The van der Waals surface area contributed by atoms with Gasteiger partial charge in [-0.05, 0) is 46.7 Å². The molecule has 0 bridgehead atoms. The largest absolute Gasteiger partial charge is 0.493 e. The van der Waals surface area contributed by atoms with Crippen molar-refractivity contribution in [3.05, 3.63) is 77.9 Å². The molecule has 3 aromatic rings. The Morgan fingerprint density at radius 3 is 2.63 bits per heavy atom. The average molecular weight is 403 g/mol. The van der Waals surface area contributed by atoms with Gasteiger partial charge in [0.05, 0.1) is 12.5 Å². The first-order chi connectivity index (χ1) is 14.6. The minimum absolute atomic E-state index is 0.0960. The highest BCUT2D eigenvalue weighted by molar-refractivity contribution is 5.83. The molecule has 154 valence electrons. The smallest absolute Gasteiger partial charge is 0.308 e. The van der Waals surface area contributed by atoms with Crippen LogP contribution in [0.5, 0.6) is 5.75 Å². The molecule has 1 amide bonds. The van der Waals surface area contributed by atoms with Crippen LogP contribution in [0, 0.1) is 5.92 Å². The fourth-order valence-electron chi connectivity index (χ4n) is 4.06. The van der Waals surface area contributed by atoms with Crippen molar-refractivity contribution < 1.29 is 19.4 Å². The van der Waals surface area contributed by atoms with Crippen LogP contribution in [0.3, 0.4) is 0 Å². The molecule has 0 saturated carbocycles. The minimum atomic E-state index is -0.903. The van der Waals surface area contributed by atoms with Crippen molar-refractivity contribution in [2.24, 2.45) is 5.92 Å². The Hall–Kier alpha value is -3.34. The highest BCUT2D eigenvalue weighted by Gasteiger charge is 2.25. The summed E-state index contributed by atoms with van der Waals surface area (Å²) in [5, 5.41) is 14.7. The third-order valence-corrected chi connectivity index (χ3v) is 5.71. The number of benzene rings is 3. The van der Waals surface area contributed by atoms with Crippen molar-refractivity contribution >= 4 is 22.6 Å². The summed E-state index contributed by atoms with van der Waals surface area (Å²) in [5.74, 6) is -0.765. The molecule has 0 unspecified atom stereocenters. The summed E-state index contributed by atoms with van der Waals surface area (Å²) in [6.07, 6.45) is 1.49. The summed E-state index contributed by atoms with van der Waals surface area (Å²) < 4.78 is 5.65. The van der Waals surface area contributed by atoms with E-state index in [1.54, 1.807) is 0 Å². The summed E-state index contributed by atoms with van der Waals surface area (Å²) in [6, 6.07) is 21.8. The summed E-state index contributed by atoms with van der Waals surface area (Å²) in [4.78, 5) is 24.3. The number of hydrogen-bond donors (Lipinski definition) is 2. The molecule has 1 aliphatic rings. The maximum Gasteiger partial charge on any atom is 0.308 e. The fraction of sp³-hybridized carbons (Fsp3) is 0.280. The van der Waals surface area contributed by atoms with Gasteiger partial charge in [-0.3, -0.25) is 9.59 Å². The lowest BCUT2D eigenvalue weighted by atomic mass is 9.90. The zero-order valence-electron chi connectivity index (χ0n) is 16.7. The van der Waals surface area contributed by atoms with E-state index >= 15 is 0 Å². The lowest BCUT2D eigenvalue weighted by Gasteiger charge is -2.25. The van der Waals surface area contributed by atoms with E-state index in [0.29, 0.717) is 19.4 Å². The minimum Gasteiger partial charge on any atom is -0.493 e. The van der Waals surface area contributed by atoms with Crippen molar-refractivity contribution in [3.8, 4) is 5.75 Å². The SMILES string of the molecule is O=C(C[C@H]1CCOc2ccccc21)NC[C@@H](Cc1ccc2ccccc2c1)C(=O)O. The molecular weight excluding hydrogens is 378 g/mol. The predicted octanol–water partition coefficient (Wildman–Crippen LogP) is 4.16. The van der Waals surface area contributed by atoms with Gasteiger partial charge in [0.1, 0.15) is 5.75 Å². The van der Waals surface area contributed by atoms with Gasteiger partial charge in [-0.15, -0.1) is 0 Å². The third-order valence-electron chi connectivity index (χ3n) is 5.71. The molecular formula is C25H25NO4. The van der Waals surface area contributed by atoms with E-state index in [4.69, 9.17) is 4.74 Å². The Balaban J connectivity index is 1.37. The summed E-state index contributed by atoms with van der Waals surface area (Å²) in [5.41, 5.74) is 2.00. The maximum absolute atomic E-state index is 12.5. The first-order valence-electron chi connectivity index (χ1n) is 10.3. The van der Waals surface area contributed by atoms with E-state index in [9.17, 15) is 14.7 Å². The molecule has 30 heavy (non-hydrogen) atoms. The van der Waals surface area contributed by atoms with Gasteiger partial charge in [0, 0.05) is 13.0 Å². The van der Waals surface area contributed by atoms with Crippen LogP contribution in [-0.4, -0.2) is 30.1 Å². The zero-order valence-corrected chi connectivity index (χ0v) is 16.7. The van der Waals surface area contributed by atoms with Gasteiger partial charge in [0.25, 0.3) is 0 Å². The highest BCUT2D eigenvalue weighted by Crippen LogP contribution is 2.35. The predicted molar refractivity (Wildman–Crippen MR) is 116 cm³/mol. The number of para-hydroxylation sites is 1. The van der Waals surface area contributed by atoms with Crippen LogP contribution >= 0.6 is 0 Å². The summed E-state index contributed by atoms with van der Waals surface area (Å²) >= 11 is 0. The van der Waals surface area contributed by atoms with E-state index in [0.717, 1.165) is 34.1 Å². The van der Waals surface area contributed by atoms with Crippen LogP contribution in [0.15, 0.2) is 66.7 Å². The van der Waals surface area contributed by atoms with Gasteiger partial charge in [0.2, 0.25) is 5.91 Å². The van der Waals surface area contributed by atoms with Crippen LogP contribution < -0.4 is 10.1 Å². The van der Waals surface area contributed by atoms with Crippen molar-refractivity contribution in [1.29, 1.82) is 0 Å². The van der Waals surface area contributed by atoms with Gasteiger partial charge in [-0.2, -0.15) is 0 Å². The Kier molecular flexibility index (Phi) is 5.98. The summed E-state index contributed by atoms with van der Waals surface area (Å²) in [6.45, 7) is 0.709. The van der Waals surface area contributed by atoms with Crippen molar-refractivity contribution in [3.63, 3.8) is 0 Å². The normalized spacial score (nSPS) is 16.3. The quantitative estimate of drug-likeness (QED) is 0.621. The van der Waals surface area contributed by atoms with E-state index in [1.807, 2.05) is 66.7 Å². The molecule has 5 nitrogen and oxygen atoms in total. The average Bonchev–Trinajstić information content (AvgIpc) is 2.76. The summed E-state index contributed by atoms with van der Waals surface area (Å²) in [7, 11) is 0. The van der Waals surface area contributed by atoms with Crippen LogP contribution in [0.4, 0.5) is 0 Å². The molecule has 0 aromatic heterocycles. The van der Waals surface area contributed by atoms with E-state index in [1.165, 1.54) is 0 Å². The Bertz CT molecular complexity index is 1060. The Labute approximate surface area is 175 Å². The second-order valence-corrected chi connectivity index (χ2v) is 7.80. The standard InChI is InChI=1S/C25H25NO4/c27-24(15-20-11-12-30-23-8-4-3-7-22(20)23)26-16-21(25(28)29)14-17-9-10-18-5-1-2-6-19(18)13-17/h1-10,13,20-21H,11-12,14-16H2,(H,26,27)(H,28,29)/t20-,21-/m1/s1. The van der Waals surface area contributed by atoms with E-state index in [-0.39, 0.29) is 18.4 Å². The molecule has 5 heteroatoms. The van der Waals surface area contributed by atoms with Crippen LogP contribution in [-0.2, 0) is 16.0 Å². The number of rotatable bonds is 7. The zero-order chi connectivity index (χ0) is 20.9. The second kappa shape index (κ2) is 8.99. The molecule has 1 heterocycles. The molecule has 1 aliphatic heterocycles. The first kappa shape index (κ1) is 20.0. The van der Waals surface area contributed by atoms with Crippen LogP contribution in [0.2, 0.25) is 0 Å². The number of ether oxygens (including phenoxy) is 1. The Morgan fingerprint density at radius 2 is 1.80 bits per heavy atom. The number of carboxylic acids is 1. The monoisotopic (exact) mass is 403 g/mol. The molecule has 0 spiro atoms. The van der Waals surface area contributed by atoms with Gasteiger partial charge in [-0.25, -0.2) is 0 Å². The molecule has 0 aliphatic carbocycles. The van der Waals surface area contributed by atoms with Gasteiger partial charge in [-0.1, -0.05) is 60.7 Å². The molecule has 4 rings (SSSR count). The number of amides is 1. The number of carbonyl (C=O) groups is 2. The molecule has 2 atom stereocenters. The molecule has 0 saturated heterocycles. The second-order valence-electron chi connectivity index (χ2n) is 7.80. The lowest BCUT2D eigenvalue weighted by molar-refractivity contribution is -0.141.